The van der Waals surface area contributed by atoms with Crippen molar-refractivity contribution in [2.75, 3.05) is 59.3 Å². The second-order valence-corrected chi connectivity index (χ2v) is 8.75. The van der Waals surface area contributed by atoms with Gasteiger partial charge in [0, 0.05) is 37.9 Å². The summed E-state index contributed by atoms with van der Waals surface area (Å²) in [5, 5.41) is 19.1. The molecule has 15 nitrogen and oxygen atoms in total. The van der Waals surface area contributed by atoms with Crippen molar-refractivity contribution in [2.24, 2.45) is 4.99 Å². The Balaban J connectivity index is -0.000000832. The average Bonchev–Trinajstić information content (AvgIpc) is 3.06. The van der Waals surface area contributed by atoms with Gasteiger partial charge in [0.25, 0.3) is 0 Å². The molecule has 0 spiro atoms. The van der Waals surface area contributed by atoms with Crippen LogP contribution in [0.3, 0.4) is 0 Å². The zero-order chi connectivity index (χ0) is 35.1. The molecule has 0 rings (SSSR count). The number of hydrogen-bond donors (Lipinski definition) is 3. The molecule has 0 heterocycles. The number of aliphatic hydroxyl groups excluding tert-OH is 2. The third-order valence-electron chi connectivity index (χ3n) is 5.00. The van der Waals surface area contributed by atoms with Gasteiger partial charge in [-0.15, -0.1) is 0 Å². The van der Waals surface area contributed by atoms with Crippen molar-refractivity contribution in [1.29, 1.82) is 0 Å². The summed E-state index contributed by atoms with van der Waals surface area (Å²) in [5.41, 5.74) is 0. The summed E-state index contributed by atoms with van der Waals surface area (Å²) in [5.74, 6) is -1.90. The fourth-order valence-corrected chi connectivity index (χ4v) is 2.72. The van der Waals surface area contributed by atoms with E-state index in [1.54, 1.807) is 0 Å². The van der Waals surface area contributed by atoms with Crippen LogP contribution in [0.5, 0.6) is 0 Å². The number of nitrogens with one attached hydrogen (secondary N) is 1. The number of aliphatic imine (C=N–C) groups is 1. The number of hydrogen-bond acceptors (Lipinski definition) is 14. The van der Waals surface area contributed by atoms with Crippen LogP contribution in [-0.2, 0) is 47.7 Å². The van der Waals surface area contributed by atoms with Crippen molar-refractivity contribution < 1.29 is 62.7 Å². The highest BCUT2D eigenvalue weighted by molar-refractivity contribution is 5.81. The molecule has 0 fully saturated rings. The van der Waals surface area contributed by atoms with Gasteiger partial charge in [-0.05, 0) is 44.9 Å². The molecule has 46 heavy (non-hydrogen) atoms. The SMILES string of the molecule is C=CC(=O)OCCCC(=O)OCCCCCCOC(=O)NCCOC(=O)C=C.C=CC(=O)OCCN=C=O.OCCCCCCO. The summed E-state index contributed by atoms with van der Waals surface area (Å²) in [6.07, 6.45) is 11.4. The first-order valence-electron chi connectivity index (χ1n) is 14.9. The first kappa shape index (κ1) is 46.1. The predicted octanol–water partition coefficient (Wildman–Crippen LogP) is 2.64. The van der Waals surface area contributed by atoms with Gasteiger partial charge in [-0.1, -0.05) is 32.6 Å². The van der Waals surface area contributed by atoms with Gasteiger partial charge in [0.1, 0.15) is 13.2 Å². The minimum absolute atomic E-state index is 0.0542. The molecule has 0 aliphatic heterocycles. The standard InChI is InChI=1S/C19H29NO8.C6H7NO3.C6H14O2/c1-3-16(21)25-14-9-10-18(23)26-12-7-5-6-8-13-28-19(24)20-11-15-27-17(22)4-2;1-2-6(9)10-4-3-7-5-8;7-5-3-1-2-4-6-8/h3-4H,1-2,5-15H2,(H,20,24);2H,1,3-4H2;7-8H,1-6H2. The quantitative estimate of drug-likeness (QED) is 0.0322. The molecule has 0 bridgehead atoms. The van der Waals surface area contributed by atoms with E-state index in [9.17, 15) is 28.8 Å². The number of esters is 4. The fourth-order valence-electron chi connectivity index (χ4n) is 2.72. The summed E-state index contributed by atoms with van der Waals surface area (Å²) in [7, 11) is 0. The van der Waals surface area contributed by atoms with Crippen molar-refractivity contribution in [3.05, 3.63) is 38.0 Å². The van der Waals surface area contributed by atoms with Gasteiger partial charge in [0.2, 0.25) is 6.08 Å². The maximum absolute atomic E-state index is 11.5. The molecule has 0 unspecified atom stereocenters. The number of unbranched alkanes of at least 4 members (excludes halogenated alkanes) is 6. The second kappa shape index (κ2) is 38.7. The summed E-state index contributed by atoms with van der Waals surface area (Å²) >= 11 is 0. The third kappa shape index (κ3) is 41.8. The topological polar surface area (TPSA) is 213 Å². The number of ether oxygens (including phenoxy) is 5. The number of carbonyl (C=O) groups is 5. The molecule has 0 aliphatic carbocycles. The van der Waals surface area contributed by atoms with Crippen LogP contribution in [-0.4, -0.2) is 106 Å². The average molecular weight is 659 g/mol. The van der Waals surface area contributed by atoms with E-state index < -0.39 is 24.0 Å². The largest absolute Gasteiger partial charge is 0.466 e. The molecule has 0 aromatic heterocycles. The van der Waals surface area contributed by atoms with E-state index >= 15 is 0 Å². The Bertz CT molecular complexity index is 851. The van der Waals surface area contributed by atoms with Crippen LogP contribution in [0.25, 0.3) is 0 Å². The molecule has 0 saturated carbocycles. The third-order valence-corrected chi connectivity index (χ3v) is 5.00. The Morgan fingerprint density at radius 1 is 0.609 bits per heavy atom. The Morgan fingerprint density at radius 3 is 1.57 bits per heavy atom. The highest BCUT2D eigenvalue weighted by Gasteiger charge is 2.05. The van der Waals surface area contributed by atoms with Gasteiger partial charge in [-0.25, -0.2) is 29.0 Å². The van der Waals surface area contributed by atoms with Gasteiger partial charge < -0.3 is 39.2 Å². The van der Waals surface area contributed by atoms with Crippen molar-refractivity contribution in [1.82, 2.24) is 5.32 Å². The van der Waals surface area contributed by atoms with Crippen LogP contribution in [0.1, 0.15) is 64.2 Å². The van der Waals surface area contributed by atoms with Crippen molar-refractivity contribution in [2.45, 2.75) is 64.2 Å². The Kier molecular flexibility index (Phi) is 38.8. The number of alkyl carbamates (subject to hydrolysis) is 1. The molecule has 0 aromatic carbocycles. The Labute approximate surface area is 270 Å². The lowest BCUT2D eigenvalue weighted by Gasteiger charge is -2.07. The van der Waals surface area contributed by atoms with E-state index in [4.69, 9.17) is 29.2 Å². The van der Waals surface area contributed by atoms with Crippen LogP contribution in [0, 0.1) is 0 Å². The minimum atomic E-state index is -0.567. The maximum Gasteiger partial charge on any atom is 0.407 e. The minimum Gasteiger partial charge on any atom is -0.466 e. The van der Waals surface area contributed by atoms with Crippen molar-refractivity contribution in [3.8, 4) is 0 Å². The number of carbonyl (C=O) groups excluding carboxylic acids is 6. The number of nitrogens with zero attached hydrogens (tertiary/aromatic N) is 1. The lowest BCUT2D eigenvalue weighted by atomic mass is 10.2. The van der Waals surface area contributed by atoms with Crippen molar-refractivity contribution in [3.63, 3.8) is 0 Å². The normalized spacial score (nSPS) is 9.26. The summed E-state index contributed by atoms with van der Waals surface area (Å²) < 4.78 is 23.9. The van der Waals surface area contributed by atoms with E-state index in [2.05, 4.69) is 34.8 Å². The van der Waals surface area contributed by atoms with Crippen molar-refractivity contribution >= 4 is 36.1 Å². The molecule has 3 N–H and O–H groups in total. The molecule has 1 amide bonds. The highest BCUT2D eigenvalue weighted by Crippen LogP contribution is 2.02. The van der Waals surface area contributed by atoms with E-state index in [-0.39, 0.29) is 65.1 Å². The van der Waals surface area contributed by atoms with E-state index in [0.29, 0.717) is 19.4 Å². The molecular formula is C31H50N2O13. The number of rotatable bonds is 25. The zero-order valence-electron chi connectivity index (χ0n) is 26.6. The smallest absolute Gasteiger partial charge is 0.407 e. The van der Waals surface area contributed by atoms with Gasteiger partial charge in [-0.3, -0.25) is 4.79 Å². The van der Waals surface area contributed by atoms with Crippen LogP contribution in [0.2, 0.25) is 0 Å². The first-order valence-corrected chi connectivity index (χ1v) is 14.9. The van der Waals surface area contributed by atoms with E-state index in [0.717, 1.165) is 63.2 Å². The summed E-state index contributed by atoms with van der Waals surface area (Å²) in [6, 6.07) is 0. The predicted molar refractivity (Wildman–Crippen MR) is 167 cm³/mol. The lowest BCUT2D eigenvalue weighted by molar-refractivity contribution is -0.145. The molecule has 0 radical (unpaired) electrons. The number of isocyanates is 1. The lowest BCUT2D eigenvalue weighted by Crippen LogP contribution is -2.28. The van der Waals surface area contributed by atoms with E-state index in [1.165, 1.54) is 6.08 Å². The number of amides is 1. The summed E-state index contributed by atoms with van der Waals surface area (Å²) in [4.78, 5) is 67.3. The van der Waals surface area contributed by atoms with E-state index in [1.807, 2.05) is 0 Å². The molecule has 262 valence electrons. The highest BCUT2D eigenvalue weighted by atomic mass is 16.6. The monoisotopic (exact) mass is 658 g/mol. The molecular weight excluding hydrogens is 608 g/mol. The molecule has 0 atom stereocenters. The maximum atomic E-state index is 11.5. The van der Waals surface area contributed by atoms with Crippen LogP contribution >= 0.6 is 0 Å². The Morgan fingerprint density at radius 2 is 1.07 bits per heavy atom. The van der Waals surface area contributed by atoms with Crippen LogP contribution in [0.4, 0.5) is 4.79 Å². The van der Waals surface area contributed by atoms with Gasteiger partial charge >= 0.3 is 30.0 Å². The molecule has 0 saturated heterocycles. The summed E-state index contributed by atoms with van der Waals surface area (Å²) in [6.45, 7) is 11.5. The molecule has 15 heteroatoms. The Hall–Kier alpha value is -4.33. The first-order chi connectivity index (χ1) is 22.2. The van der Waals surface area contributed by atoms with Crippen LogP contribution < -0.4 is 5.32 Å². The molecule has 0 aromatic rings. The second-order valence-electron chi connectivity index (χ2n) is 8.75. The van der Waals surface area contributed by atoms with Crippen LogP contribution in [0.15, 0.2) is 43.0 Å². The van der Waals surface area contributed by atoms with Gasteiger partial charge in [-0.2, -0.15) is 0 Å². The zero-order valence-corrected chi connectivity index (χ0v) is 26.6. The number of aliphatic hydroxyl groups is 2. The fraction of sp³-hybridized carbons (Fsp3) is 0.613. The molecule has 0 aliphatic rings. The van der Waals surface area contributed by atoms with Gasteiger partial charge in [0.05, 0.1) is 32.9 Å². The van der Waals surface area contributed by atoms with Gasteiger partial charge in [0.15, 0.2) is 0 Å².